The van der Waals surface area contributed by atoms with Crippen LogP contribution in [-0.2, 0) is 0 Å². The van der Waals surface area contributed by atoms with Gasteiger partial charge in [0.1, 0.15) is 17.1 Å². The van der Waals surface area contributed by atoms with Crippen LogP contribution in [0.2, 0.25) is 0 Å². The molecule has 0 heterocycles. The van der Waals surface area contributed by atoms with Crippen molar-refractivity contribution in [1.29, 1.82) is 0 Å². The smallest absolute Gasteiger partial charge is 0.120 e. The van der Waals surface area contributed by atoms with E-state index in [1.54, 1.807) is 12.1 Å². The van der Waals surface area contributed by atoms with Gasteiger partial charge in [-0.15, -0.1) is 0 Å². The van der Waals surface area contributed by atoms with Gasteiger partial charge in [0, 0.05) is 0 Å². The van der Waals surface area contributed by atoms with Gasteiger partial charge in [-0.1, -0.05) is 19.8 Å². The molecule has 1 aliphatic carbocycles. The summed E-state index contributed by atoms with van der Waals surface area (Å²) in [7, 11) is 0. The molecule has 0 unspecified atom stereocenters. The maximum Gasteiger partial charge on any atom is 0.120 e. The van der Waals surface area contributed by atoms with Crippen LogP contribution in [-0.4, -0.2) is 10.7 Å². The summed E-state index contributed by atoms with van der Waals surface area (Å²) >= 11 is 0. The molecule has 1 fully saturated rings. The molecule has 1 aromatic carbocycles. The van der Waals surface area contributed by atoms with E-state index in [2.05, 4.69) is 6.92 Å². The Morgan fingerprint density at radius 2 is 1.78 bits per heavy atom. The molecule has 0 spiro atoms. The third-order valence-electron chi connectivity index (χ3n) is 3.92. The number of phenolic OH excluding ortho intramolecular Hbond substituents is 1. The number of aromatic hydroxyl groups is 1. The average molecular weight is 248 g/mol. The van der Waals surface area contributed by atoms with E-state index in [1.165, 1.54) is 44.9 Å². The number of hydrogen-bond acceptors (Lipinski definition) is 2. The van der Waals surface area contributed by atoms with Crippen LogP contribution < -0.4 is 4.74 Å². The molecule has 1 aliphatic rings. The molecule has 0 amide bonds. The fraction of sp³-hybridized carbons (Fsp3) is 0.625. The minimum atomic E-state index is 0.0469. The Morgan fingerprint density at radius 3 is 2.39 bits per heavy atom. The Labute approximate surface area is 110 Å². The van der Waals surface area contributed by atoms with Crippen molar-refractivity contribution in [2.75, 3.05) is 0 Å². The van der Waals surface area contributed by atoms with E-state index < -0.39 is 0 Å². The van der Waals surface area contributed by atoms with Crippen LogP contribution in [0.15, 0.2) is 24.3 Å². The van der Waals surface area contributed by atoms with Crippen LogP contribution in [0.5, 0.6) is 11.5 Å². The van der Waals surface area contributed by atoms with Crippen molar-refractivity contribution < 1.29 is 9.84 Å². The van der Waals surface area contributed by atoms with E-state index in [4.69, 9.17) is 4.74 Å². The van der Waals surface area contributed by atoms with Gasteiger partial charge >= 0.3 is 0 Å². The van der Waals surface area contributed by atoms with E-state index in [0.29, 0.717) is 5.75 Å². The van der Waals surface area contributed by atoms with Gasteiger partial charge in [0.2, 0.25) is 0 Å². The lowest BCUT2D eigenvalue weighted by atomic mass is 9.81. The number of rotatable bonds is 5. The summed E-state index contributed by atoms with van der Waals surface area (Å²) in [6.07, 6.45) is 9.86. The third-order valence-corrected chi connectivity index (χ3v) is 3.92. The SMILES string of the molecule is CCCCC1(Oc2ccc(O)cc2)CCCCC1. The molecular weight excluding hydrogens is 224 g/mol. The Balaban J connectivity index is 2.06. The van der Waals surface area contributed by atoms with Gasteiger partial charge in [0.05, 0.1) is 0 Å². The van der Waals surface area contributed by atoms with Crippen LogP contribution in [0.4, 0.5) is 0 Å². The standard InChI is InChI=1S/C16H24O2/c1-2-3-11-16(12-5-4-6-13-16)18-15-9-7-14(17)8-10-15/h7-10,17H,2-6,11-13H2,1H3. The van der Waals surface area contributed by atoms with Gasteiger partial charge < -0.3 is 9.84 Å². The summed E-state index contributed by atoms with van der Waals surface area (Å²) in [6.45, 7) is 2.23. The molecule has 0 aliphatic heterocycles. The number of unbranched alkanes of at least 4 members (excludes halogenated alkanes) is 1. The quantitative estimate of drug-likeness (QED) is 0.821. The first-order valence-electron chi connectivity index (χ1n) is 7.22. The van der Waals surface area contributed by atoms with E-state index >= 15 is 0 Å². The van der Waals surface area contributed by atoms with Gasteiger partial charge in [0.25, 0.3) is 0 Å². The topological polar surface area (TPSA) is 29.5 Å². The molecule has 0 aromatic heterocycles. The Bertz CT molecular complexity index is 350. The molecule has 0 saturated heterocycles. The second-order valence-electron chi connectivity index (χ2n) is 5.44. The Kier molecular flexibility index (Phi) is 4.51. The zero-order valence-corrected chi connectivity index (χ0v) is 11.3. The van der Waals surface area contributed by atoms with Gasteiger partial charge in [-0.05, 0) is 62.8 Å². The minimum absolute atomic E-state index is 0.0469. The van der Waals surface area contributed by atoms with Gasteiger partial charge in [0.15, 0.2) is 0 Å². The highest BCUT2D eigenvalue weighted by Gasteiger charge is 2.33. The molecular formula is C16H24O2. The fourth-order valence-electron chi connectivity index (χ4n) is 2.86. The van der Waals surface area contributed by atoms with Crippen molar-refractivity contribution >= 4 is 0 Å². The molecule has 0 bridgehead atoms. The maximum atomic E-state index is 9.31. The summed E-state index contributed by atoms with van der Waals surface area (Å²) in [5, 5.41) is 9.31. The van der Waals surface area contributed by atoms with Crippen molar-refractivity contribution in [3.63, 3.8) is 0 Å². The molecule has 1 N–H and O–H groups in total. The summed E-state index contributed by atoms with van der Waals surface area (Å²) in [5.74, 6) is 1.19. The highest BCUT2D eigenvalue weighted by atomic mass is 16.5. The van der Waals surface area contributed by atoms with Crippen molar-refractivity contribution in [2.45, 2.75) is 63.9 Å². The summed E-state index contributed by atoms with van der Waals surface area (Å²) in [6, 6.07) is 7.15. The van der Waals surface area contributed by atoms with E-state index in [1.807, 2.05) is 12.1 Å². The lowest BCUT2D eigenvalue weighted by Gasteiger charge is -2.38. The zero-order chi connectivity index (χ0) is 12.8. The average Bonchev–Trinajstić information content (AvgIpc) is 2.40. The Hall–Kier alpha value is -1.18. The summed E-state index contributed by atoms with van der Waals surface area (Å²) in [5.41, 5.74) is 0.0469. The molecule has 0 atom stereocenters. The van der Waals surface area contributed by atoms with Crippen LogP contribution in [0.1, 0.15) is 58.3 Å². The second kappa shape index (κ2) is 6.12. The largest absolute Gasteiger partial charge is 0.508 e. The molecule has 100 valence electrons. The monoisotopic (exact) mass is 248 g/mol. The van der Waals surface area contributed by atoms with E-state index in [-0.39, 0.29) is 5.60 Å². The van der Waals surface area contributed by atoms with Crippen LogP contribution in [0.25, 0.3) is 0 Å². The Morgan fingerprint density at radius 1 is 1.11 bits per heavy atom. The van der Waals surface area contributed by atoms with Crippen LogP contribution in [0, 0.1) is 0 Å². The van der Waals surface area contributed by atoms with Crippen molar-refractivity contribution in [3.05, 3.63) is 24.3 Å². The molecule has 2 heteroatoms. The number of hydrogen-bond donors (Lipinski definition) is 1. The second-order valence-corrected chi connectivity index (χ2v) is 5.44. The first-order valence-corrected chi connectivity index (χ1v) is 7.22. The normalized spacial score (nSPS) is 18.5. The van der Waals surface area contributed by atoms with Crippen LogP contribution >= 0.6 is 0 Å². The van der Waals surface area contributed by atoms with Crippen LogP contribution in [0.3, 0.4) is 0 Å². The number of phenols is 1. The zero-order valence-electron chi connectivity index (χ0n) is 11.3. The van der Waals surface area contributed by atoms with Crippen molar-refractivity contribution in [1.82, 2.24) is 0 Å². The lowest BCUT2D eigenvalue weighted by Crippen LogP contribution is -2.38. The van der Waals surface area contributed by atoms with E-state index in [9.17, 15) is 5.11 Å². The van der Waals surface area contributed by atoms with E-state index in [0.717, 1.165) is 12.2 Å². The highest BCUT2D eigenvalue weighted by molar-refractivity contribution is 5.30. The maximum absolute atomic E-state index is 9.31. The highest BCUT2D eigenvalue weighted by Crippen LogP contribution is 2.37. The molecule has 18 heavy (non-hydrogen) atoms. The van der Waals surface area contributed by atoms with Gasteiger partial charge in [-0.3, -0.25) is 0 Å². The third kappa shape index (κ3) is 3.41. The van der Waals surface area contributed by atoms with Gasteiger partial charge in [-0.25, -0.2) is 0 Å². The first-order chi connectivity index (χ1) is 8.74. The molecule has 2 rings (SSSR count). The number of ether oxygens (including phenoxy) is 1. The summed E-state index contributed by atoms with van der Waals surface area (Å²) in [4.78, 5) is 0. The molecule has 1 saturated carbocycles. The summed E-state index contributed by atoms with van der Waals surface area (Å²) < 4.78 is 6.29. The molecule has 0 radical (unpaired) electrons. The minimum Gasteiger partial charge on any atom is -0.508 e. The fourth-order valence-corrected chi connectivity index (χ4v) is 2.86. The number of benzene rings is 1. The predicted octanol–water partition coefficient (Wildman–Crippen LogP) is 4.66. The lowest BCUT2D eigenvalue weighted by molar-refractivity contribution is 0.0200. The van der Waals surface area contributed by atoms with Crippen molar-refractivity contribution in [3.8, 4) is 11.5 Å². The molecule has 1 aromatic rings. The predicted molar refractivity (Wildman–Crippen MR) is 74.1 cm³/mol. The molecule has 2 nitrogen and oxygen atoms in total. The van der Waals surface area contributed by atoms with Crippen molar-refractivity contribution in [2.24, 2.45) is 0 Å². The first kappa shape index (κ1) is 13.3. The van der Waals surface area contributed by atoms with Gasteiger partial charge in [-0.2, -0.15) is 0 Å².